The molecule has 2 amide bonds. The fourth-order valence-electron chi connectivity index (χ4n) is 5.28. The van der Waals surface area contributed by atoms with Crippen molar-refractivity contribution in [1.29, 1.82) is 0 Å². The number of carbonyl (C=O) groups excluding carboxylic acids is 2. The third-order valence-electron chi connectivity index (χ3n) is 7.79. The Balaban J connectivity index is 1.61. The van der Waals surface area contributed by atoms with Gasteiger partial charge in [-0.1, -0.05) is 18.8 Å². The fraction of sp³-hybridized carbons (Fsp3) is 0.679. The molecule has 1 saturated heterocycles. The van der Waals surface area contributed by atoms with Crippen LogP contribution in [0.1, 0.15) is 68.3 Å². The molecule has 2 N–H and O–H groups in total. The van der Waals surface area contributed by atoms with Crippen molar-refractivity contribution in [2.24, 2.45) is 11.8 Å². The van der Waals surface area contributed by atoms with E-state index < -0.39 is 17.7 Å². The van der Waals surface area contributed by atoms with Gasteiger partial charge in [-0.3, -0.25) is 9.59 Å². The Morgan fingerprint density at radius 3 is 2.70 bits per heavy atom. The maximum atomic E-state index is 13.6. The van der Waals surface area contributed by atoms with Crippen molar-refractivity contribution in [3.8, 4) is 17.7 Å². The van der Waals surface area contributed by atoms with Gasteiger partial charge in [-0.25, -0.2) is 4.98 Å². The summed E-state index contributed by atoms with van der Waals surface area (Å²) in [5.41, 5.74) is -0.213. The number of hydrogen-bond donors (Lipinski definition) is 2. The minimum Gasteiger partial charge on any atom is -0.472 e. The topological polar surface area (TPSA) is 112 Å². The number of aliphatic hydroxyl groups excluding tert-OH is 1. The third-order valence-corrected chi connectivity index (χ3v) is 7.79. The Morgan fingerprint density at radius 2 is 2.03 bits per heavy atom. The van der Waals surface area contributed by atoms with Crippen LogP contribution in [-0.4, -0.2) is 94.5 Å². The molecule has 1 aliphatic carbocycles. The van der Waals surface area contributed by atoms with Gasteiger partial charge >= 0.3 is 0 Å². The highest BCUT2D eigenvalue weighted by molar-refractivity contribution is 5.97. The highest BCUT2D eigenvalue weighted by Crippen LogP contribution is 2.30. The summed E-state index contributed by atoms with van der Waals surface area (Å²) in [7, 11) is 1.78. The number of amides is 2. The average molecular weight is 514 g/mol. The molecule has 37 heavy (non-hydrogen) atoms. The van der Waals surface area contributed by atoms with Crippen LogP contribution in [0.15, 0.2) is 12.3 Å². The van der Waals surface area contributed by atoms with Gasteiger partial charge in [0.25, 0.3) is 5.91 Å². The first-order valence-corrected chi connectivity index (χ1v) is 13.4. The van der Waals surface area contributed by atoms with Gasteiger partial charge in [0, 0.05) is 50.4 Å². The highest BCUT2D eigenvalue weighted by Gasteiger charge is 2.36. The van der Waals surface area contributed by atoms with E-state index in [1.54, 1.807) is 36.0 Å². The lowest BCUT2D eigenvalue weighted by molar-refractivity contribution is -0.138. The van der Waals surface area contributed by atoms with Crippen LogP contribution in [0.5, 0.6) is 5.88 Å². The first-order valence-electron chi connectivity index (χ1n) is 13.4. The third kappa shape index (κ3) is 6.43. The van der Waals surface area contributed by atoms with Crippen molar-refractivity contribution in [2.45, 2.75) is 70.1 Å². The van der Waals surface area contributed by atoms with Gasteiger partial charge in [0.2, 0.25) is 11.8 Å². The van der Waals surface area contributed by atoms with Crippen molar-refractivity contribution in [3.05, 3.63) is 23.4 Å². The predicted octanol–water partition coefficient (Wildman–Crippen LogP) is 1.84. The number of aromatic nitrogens is 1. The Kier molecular flexibility index (Phi) is 8.73. The van der Waals surface area contributed by atoms with Crippen molar-refractivity contribution in [3.63, 3.8) is 0 Å². The van der Waals surface area contributed by atoms with Crippen LogP contribution in [0.25, 0.3) is 0 Å². The van der Waals surface area contributed by atoms with Crippen molar-refractivity contribution in [2.75, 3.05) is 40.0 Å². The van der Waals surface area contributed by atoms with Gasteiger partial charge in [-0.15, -0.1) is 0 Å². The number of rotatable bonds is 5. The normalized spacial score (nSPS) is 24.7. The zero-order valence-electron chi connectivity index (χ0n) is 22.1. The standard InChI is InChI=1S/C28H39N3O6/c1-19-16-31(20(2)18-32)27(34)23-14-21(6-11-28(35)9-4-5-10-28)15-29-25(23)37-24(19)17-30(3)26(33)22-7-12-36-13-8-22/h14-15,19-20,22,24,32,35H,4-5,7-10,12-13,16-18H2,1-3H3/t19-,20+,24-/m0/s1. The Morgan fingerprint density at radius 1 is 1.32 bits per heavy atom. The quantitative estimate of drug-likeness (QED) is 0.578. The number of aliphatic hydroxyl groups is 2. The first kappa shape index (κ1) is 27.4. The van der Waals surface area contributed by atoms with E-state index in [1.807, 2.05) is 6.92 Å². The lowest BCUT2D eigenvalue weighted by Gasteiger charge is -2.38. The summed E-state index contributed by atoms with van der Waals surface area (Å²) in [6, 6.07) is 1.24. The van der Waals surface area contributed by atoms with Crippen LogP contribution in [0.2, 0.25) is 0 Å². The number of hydrogen-bond acceptors (Lipinski definition) is 7. The molecule has 1 aromatic rings. The summed E-state index contributed by atoms with van der Waals surface area (Å²) in [6.45, 7) is 5.50. The van der Waals surface area contributed by atoms with Crippen LogP contribution in [0.3, 0.4) is 0 Å². The highest BCUT2D eigenvalue weighted by atomic mass is 16.5. The molecule has 9 nitrogen and oxygen atoms in total. The van der Waals surface area contributed by atoms with E-state index in [1.165, 1.54) is 0 Å². The summed E-state index contributed by atoms with van der Waals surface area (Å²) in [5.74, 6) is 5.75. The number of carbonyl (C=O) groups is 2. The monoisotopic (exact) mass is 513 g/mol. The lowest BCUT2D eigenvalue weighted by Crippen LogP contribution is -2.51. The minimum absolute atomic E-state index is 0.0590. The molecule has 3 aliphatic rings. The first-order chi connectivity index (χ1) is 17.7. The average Bonchev–Trinajstić information content (AvgIpc) is 3.35. The van der Waals surface area contributed by atoms with Crippen LogP contribution in [0, 0.1) is 23.7 Å². The number of ether oxygens (including phenoxy) is 2. The minimum atomic E-state index is -0.996. The molecule has 0 aromatic carbocycles. The molecule has 0 unspecified atom stereocenters. The fourth-order valence-corrected chi connectivity index (χ4v) is 5.28. The lowest BCUT2D eigenvalue weighted by atomic mass is 9.97. The molecule has 202 valence electrons. The molecule has 0 radical (unpaired) electrons. The molecule has 0 bridgehead atoms. The van der Waals surface area contributed by atoms with Crippen molar-refractivity contribution < 1.29 is 29.3 Å². The second-order valence-corrected chi connectivity index (χ2v) is 10.8. The van der Waals surface area contributed by atoms with Gasteiger partial charge in [0.1, 0.15) is 17.3 Å². The molecule has 4 rings (SSSR count). The SMILES string of the molecule is C[C@H](CO)N1C[C@H](C)[C@H](CN(C)C(=O)C2CCOCC2)Oc2ncc(C#CC3(O)CCCC3)cc2C1=O. The second kappa shape index (κ2) is 11.8. The molecular formula is C28H39N3O6. The molecule has 1 aromatic heterocycles. The van der Waals surface area contributed by atoms with E-state index in [2.05, 4.69) is 16.8 Å². The molecule has 3 heterocycles. The Hall–Kier alpha value is -2.67. The van der Waals surface area contributed by atoms with E-state index in [0.717, 1.165) is 12.8 Å². The van der Waals surface area contributed by atoms with E-state index in [0.29, 0.717) is 57.6 Å². The van der Waals surface area contributed by atoms with Crippen molar-refractivity contribution >= 4 is 11.8 Å². The molecule has 3 atom stereocenters. The van der Waals surface area contributed by atoms with Crippen LogP contribution in [0.4, 0.5) is 0 Å². The predicted molar refractivity (Wildman–Crippen MR) is 137 cm³/mol. The molecule has 2 aliphatic heterocycles. The van der Waals surface area contributed by atoms with Crippen LogP contribution >= 0.6 is 0 Å². The van der Waals surface area contributed by atoms with E-state index in [-0.39, 0.29) is 41.7 Å². The van der Waals surface area contributed by atoms with Gasteiger partial charge in [-0.05, 0) is 51.5 Å². The molecule has 0 spiro atoms. The molecular weight excluding hydrogens is 474 g/mol. The van der Waals surface area contributed by atoms with Crippen molar-refractivity contribution in [1.82, 2.24) is 14.8 Å². The van der Waals surface area contributed by atoms with E-state index in [4.69, 9.17) is 9.47 Å². The van der Waals surface area contributed by atoms with Gasteiger partial charge in [-0.2, -0.15) is 0 Å². The molecule has 1 saturated carbocycles. The van der Waals surface area contributed by atoms with Gasteiger partial charge in [0.05, 0.1) is 19.2 Å². The zero-order chi connectivity index (χ0) is 26.6. The summed E-state index contributed by atoms with van der Waals surface area (Å²) >= 11 is 0. The number of nitrogens with zero attached hydrogens (tertiary/aromatic N) is 3. The maximum absolute atomic E-state index is 13.6. The number of likely N-dealkylation sites (N-methyl/N-ethyl adjacent to an activating group) is 1. The van der Waals surface area contributed by atoms with Crippen LogP contribution in [-0.2, 0) is 9.53 Å². The smallest absolute Gasteiger partial charge is 0.259 e. The Labute approximate surface area is 219 Å². The van der Waals surface area contributed by atoms with Crippen LogP contribution < -0.4 is 4.74 Å². The van der Waals surface area contributed by atoms with Gasteiger partial charge in [0.15, 0.2) is 0 Å². The zero-order valence-corrected chi connectivity index (χ0v) is 22.1. The van der Waals surface area contributed by atoms with Gasteiger partial charge < -0.3 is 29.5 Å². The summed E-state index contributed by atoms with van der Waals surface area (Å²) in [5, 5.41) is 20.5. The van der Waals surface area contributed by atoms with E-state index >= 15 is 0 Å². The summed E-state index contributed by atoms with van der Waals surface area (Å²) in [6.07, 6.45) is 5.74. The maximum Gasteiger partial charge on any atom is 0.259 e. The largest absolute Gasteiger partial charge is 0.472 e. The van der Waals surface area contributed by atoms with E-state index in [9.17, 15) is 19.8 Å². The Bertz CT molecular complexity index is 1040. The number of fused-ring (bicyclic) bond motifs is 1. The number of pyridine rings is 1. The summed E-state index contributed by atoms with van der Waals surface area (Å²) < 4.78 is 11.7. The summed E-state index contributed by atoms with van der Waals surface area (Å²) in [4.78, 5) is 34.4. The molecule has 9 heteroatoms. The molecule has 2 fully saturated rings. The second-order valence-electron chi connectivity index (χ2n) is 10.8.